The number of esters is 2. The van der Waals surface area contributed by atoms with Gasteiger partial charge in [0.25, 0.3) is 0 Å². The smallest absolute Gasteiger partial charge is 0.358 e. The minimum atomic E-state index is -0.828. The maximum absolute atomic E-state index is 12.3. The number of benzene rings is 1. The van der Waals surface area contributed by atoms with Crippen LogP contribution in [0.2, 0.25) is 5.02 Å². The summed E-state index contributed by atoms with van der Waals surface area (Å²) < 4.78 is 9.64. The number of nitrogens with one attached hydrogen (secondary N) is 1. The van der Waals surface area contributed by atoms with Crippen LogP contribution in [0.15, 0.2) is 30.3 Å². The second-order valence-electron chi connectivity index (χ2n) is 5.87. The lowest BCUT2D eigenvalue weighted by molar-refractivity contribution is -0.141. The molecule has 1 heterocycles. The number of halogens is 1. The van der Waals surface area contributed by atoms with E-state index in [2.05, 4.69) is 15.3 Å². The molecule has 0 bridgehead atoms. The highest BCUT2D eigenvalue weighted by molar-refractivity contribution is 6.35. The van der Waals surface area contributed by atoms with Crippen molar-refractivity contribution in [2.45, 2.75) is 24.8 Å². The summed E-state index contributed by atoms with van der Waals surface area (Å²) in [5.41, 5.74) is 0.659. The van der Waals surface area contributed by atoms with Crippen LogP contribution >= 0.6 is 11.6 Å². The van der Waals surface area contributed by atoms with Crippen LogP contribution < -0.4 is 5.32 Å². The molecule has 1 atom stereocenters. The Bertz CT molecular complexity index is 825. The SMILES string of the molecule is COC(=O)c1nc(C2CC2)nc(NC(C(=O)OC)c2ccccc2)c1Cl. The molecule has 0 spiro atoms. The van der Waals surface area contributed by atoms with Gasteiger partial charge in [-0.2, -0.15) is 0 Å². The molecule has 0 aliphatic heterocycles. The molecule has 8 heteroatoms. The molecule has 0 amide bonds. The summed E-state index contributed by atoms with van der Waals surface area (Å²) >= 11 is 6.32. The maximum Gasteiger partial charge on any atom is 0.358 e. The van der Waals surface area contributed by atoms with Gasteiger partial charge < -0.3 is 14.8 Å². The van der Waals surface area contributed by atoms with Crippen LogP contribution in [0.5, 0.6) is 0 Å². The quantitative estimate of drug-likeness (QED) is 0.775. The van der Waals surface area contributed by atoms with Crippen molar-refractivity contribution in [3.05, 3.63) is 52.4 Å². The fourth-order valence-corrected chi connectivity index (χ4v) is 2.71. The van der Waals surface area contributed by atoms with E-state index in [1.807, 2.05) is 18.2 Å². The van der Waals surface area contributed by atoms with Crippen LogP contribution in [0.25, 0.3) is 0 Å². The monoisotopic (exact) mass is 375 g/mol. The van der Waals surface area contributed by atoms with Gasteiger partial charge >= 0.3 is 11.9 Å². The van der Waals surface area contributed by atoms with E-state index in [0.717, 1.165) is 12.8 Å². The third-order valence-corrected chi connectivity index (χ3v) is 4.40. The number of anilines is 1. The fourth-order valence-electron chi connectivity index (χ4n) is 2.49. The van der Waals surface area contributed by atoms with E-state index in [4.69, 9.17) is 21.1 Å². The van der Waals surface area contributed by atoms with Gasteiger partial charge in [-0.3, -0.25) is 0 Å². The standard InChI is InChI=1S/C18H18ClN3O4/c1-25-17(23)13(10-6-4-3-5-7-10)20-16-12(19)14(18(24)26-2)21-15(22-16)11-8-9-11/h3-7,11,13H,8-9H2,1-2H3,(H,20,21,22). The third kappa shape index (κ3) is 3.77. The van der Waals surface area contributed by atoms with Crippen LogP contribution in [-0.2, 0) is 14.3 Å². The Morgan fingerprint density at radius 2 is 1.85 bits per heavy atom. The lowest BCUT2D eigenvalue weighted by Gasteiger charge is -2.19. The predicted octanol–water partition coefficient (Wildman–Crippen LogP) is 3.12. The van der Waals surface area contributed by atoms with Crippen molar-refractivity contribution in [3.63, 3.8) is 0 Å². The molecule has 1 aliphatic carbocycles. The van der Waals surface area contributed by atoms with Gasteiger partial charge in [0.2, 0.25) is 0 Å². The number of hydrogen-bond acceptors (Lipinski definition) is 7. The third-order valence-electron chi connectivity index (χ3n) is 4.04. The first kappa shape index (κ1) is 18.1. The number of carbonyl (C=O) groups excluding carboxylic acids is 2. The predicted molar refractivity (Wildman–Crippen MR) is 95.2 cm³/mol. The van der Waals surface area contributed by atoms with Crippen molar-refractivity contribution in [2.24, 2.45) is 0 Å². The zero-order valence-electron chi connectivity index (χ0n) is 14.4. The molecule has 3 rings (SSSR count). The molecule has 1 saturated carbocycles. The van der Waals surface area contributed by atoms with Gasteiger partial charge in [0.15, 0.2) is 11.7 Å². The van der Waals surface area contributed by atoms with Crippen LogP contribution in [0.4, 0.5) is 5.82 Å². The second-order valence-corrected chi connectivity index (χ2v) is 6.25. The van der Waals surface area contributed by atoms with E-state index >= 15 is 0 Å². The van der Waals surface area contributed by atoms with Crippen molar-refractivity contribution in [1.82, 2.24) is 9.97 Å². The molecule has 7 nitrogen and oxygen atoms in total. The summed E-state index contributed by atoms with van der Waals surface area (Å²) in [5.74, 6) is -0.267. The second kappa shape index (κ2) is 7.70. The zero-order chi connectivity index (χ0) is 18.7. The van der Waals surface area contributed by atoms with E-state index in [9.17, 15) is 9.59 Å². The van der Waals surface area contributed by atoms with E-state index in [0.29, 0.717) is 11.4 Å². The lowest BCUT2D eigenvalue weighted by Crippen LogP contribution is -2.24. The molecule has 1 N–H and O–H groups in total. The van der Waals surface area contributed by atoms with Gasteiger partial charge in [0.05, 0.1) is 14.2 Å². The van der Waals surface area contributed by atoms with Gasteiger partial charge in [-0.25, -0.2) is 19.6 Å². The highest BCUT2D eigenvalue weighted by Gasteiger charge is 2.31. The Hall–Kier alpha value is -2.67. The minimum absolute atomic E-state index is 0.00563. The fraction of sp³-hybridized carbons (Fsp3) is 0.333. The van der Waals surface area contributed by atoms with E-state index in [1.165, 1.54) is 14.2 Å². The summed E-state index contributed by atoms with van der Waals surface area (Å²) in [4.78, 5) is 32.9. The van der Waals surface area contributed by atoms with Crippen LogP contribution in [0, 0.1) is 0 Å². The summed E-state index contributed by atoms with van der Waals surface area (Å²) in [6, 6.07) is 8.20. The maximum atomic E-state index is 12.3. The van der Waals surface area contributed by atoms with Crippen molar-refractivity contribution in [3.8, 4) is 0 Å². The Labute approximate surface area is 155 Å². The van der Waals surface area contributed by atoms with Crippen molar-refractivity contribution in [2.75, 3.05) is 19.5 Å². The topological polar surface area (TPSA) is 90.4 Å². The molecule has 1 fully saturated rings. The zero-order valence-corrected chi connectivity index (χ0v) is 15.1. The Morgan fingerprint density at radius 1 is 1.15 bits per heavy atom. The molecule has 1 unspecified atom stereocenters. The minimum Gasteiger partial charge on any atom is -0.467 e. The largest absolute Gasteiger partial charge is 0.467 e. The molecule has 2 aromatic rings. The molecular formula is C18H18ClN3O4. The summed E-state index contributed by atoms with van der Waals surface area (Å²) in [5, 5.41) is 3.00. The molecule has 1 aromatic heterocycles. The Morgan fingerprint density at radius 3 is 2.42 bits per heavy atom. The van der Waals surface area contributed by atoms with Gasteiger partial charge in [-0.15, -0.1) is 0 Å². The number of rotatable bonds is 6. The number of nitrogens with zero attached hydrogens (tertiary/aromatic N) is 2. The van der Waals surface area contributed by atoms with Gasteiger partial charge in [0.1, 0.15) is 16.7 Å². The first-order valence-electron chi connectivity index (χ1n) is 8.10. The van der Waals surface area contributed by atoms with Gasteiger partial charge in [-0.05, 0) is 18.4 Å². The molecule has 1 aliphatic rings. The first-order chi connectivity index (χ1) is 12.5. The summed E-state index contributed by atoms with van der Waals surface area (Å²) in [6.45, 7) is 0. The number of aromatic nitrogens is 2. The number of carbonyl (C=O) groups is 2. The van der Waals surface area contributed by atoms with Crippen LogP contribution in [-0.4, -0.2) is 36.1 Å². The summed E-state index contributed by atoms with van der Waals surface area (Å²) in [7, 11) is 2.56. The number of hydrogen-bond donors (Lipinski definition) is 1. The van der Waals surface area contributed by atoms with Crippen LogP contribution in [0.3, 0.4) is 0 Å². The van der Waals surface area contributed by atoms with Crippen molar-refractivity contribution >= 4 is 29.4 Å². The van der Waals surface area contributed by atoms with Crippen molar-refractivity contribution < 1.29 is 19.1 Å². The molecule has 1 aromatic carbocycles. The average molecular weight is 376 g/mol. The molecule has 136 valence electrons. The average Bonchev–Trinajstić information content (AvgIpc) is 3.52. The van der Waals surface area contributed by atoms with E-state index < -0.39 is 18.0 Å². The first-order valence-corrected chi connectivity index (χ1v) is 8.48. The molecule has 26 heavy (non-hydrogen) atoms. The molecular weight excluding hydrogens is 358 g/mol. The highest BCUT2D eigenvalue weighted by atomic mass is 35.5. The number of ether oxygens (including phenoxy) is 2. The van der Waals surface area contributed by atoms with Gasteiger partial charge in [-0.1, -0.05) is 41.9 Å². The van der Waals surface area contributed by atoms with Crippen LogP contribution in [0.1, 0.15) is 46.7 Å². The highest BCUT2D eigenvalue weighted by Crippen LogP contribution is 2.40. The molecule has 0 saturated heterocycles. The van der Waals surface area contributed by atoms with Crippen molar-refractivity contribution in [1.29, 1.82) is 0 Å². The Kier molecular flexibility index (Phi) is 5.37. The Balaban J connectivity index is 2.02. The van der Waals surface area contributed by atoms with Gasteiger partial charge in [0, 0.05) is 5.92 Å². The normalized spacial score (nSPS) is 14.4. The summed E-state index contributed by atoms with van der Waals surface area (Å²) in [6.07, 6.45) is 1.89. The number of methoxy groups -OCH3 is 2. The lowest BCUT2D eigenvalue weighted by atomic mass is 10.1. The van der Waals surface area contributed by atoms with E-state index in [1.54, 1.807) is 12.1 Å². The van der Waals surface area contributed by atoms with E-state index in [-0.39, 0.29) is 22.5 Å². The molecule has 0 radical (unpaired) electrons.